The second-order valence-corrected chi connectivity index (χ2v) is 8.18. The largest absolute Gasteiger partial charge is 0.452 e. The molecule has 6 nitrogen and oxygen atoms in total. The van der Waals surface area contributed by atoms with Crippen LogP contribution in [0.25, 0.3) is 0 Å². The topological polar surface area (TPSA) is 87.5 Å². The zero-order chi connectivity index (χ0) is 23.1. The number of esters is 1. The predicted octanol–water partition coefficient (Wildman–Crippen LogP) is 4.70. The molecule has 0 N–H and O–H groups in total. The van der Waals surface area contributed by atoms with E-state index in [1.165, 1.54) is 22.3 Å². The summed E-state index contributed by atoms with van der Waals surface area (Å²) in [5, 5.41) is 10.8. The number of ketones is 1. The van der Waals surface area contributed by atoms with E-state index in [4.69, 9.17) is 10.00 Å². The monoisotopic (exact) mass is 446 g/mol. The van der Waals surface area contributed by atoms with Crippen molar-refractivity contribution in [2.75, 3.05) is 18.1 Å². The van der Waals surface area contributed by atoms with Gasteiger partial charge in [-0.2, -0.15) is 5.26 Å². The SMILES string of the molecule is Cc1cc(C)cc(N(CCC#N)C(=O)COC(=O)c2ccccc2C(=O)c2cccs2)c1. The normalized spacial score (nSPS) is 10.3. The van der Waals surface area contributed by atoms with Crippen molar-refractivity contribution in [2.45, 2.75) is 20.3 Å². The van der Waals surface area contributed by atoms with Gasteiger partial charge in [0.2, 0.25) is 5.78 Å². The molecule has 0 saturated carbocycles. The summed E-state index contributed by atoms with van der Waals surface area (Å²) in [6.45, 7) is 3.53. The van der Waals surface area contributed by atoms with Crippen molar-refractivity contribution in [3.05, 3.63) is 87.1 Å². The Bertz CT molecular complexity index is 1160. The zero-order valence-electron chi connectivity index (χ0n) is 17.8. The first-order chi connectivity index (χ1) is 15.4. The summed E-state index contributed by atoms with van der Waals surface area (Å²) in [5.74, 6) is -1.47. The number of carbonyl (C=O) groups excluding carboxylic acids is 3. The molecule has 1 heterocycles. The highest BCUT2D eigenvalue weighted by molar-refractivity contribution is 7.12. The van der Waals surface area contributed by atoms with Crippen LogP contribution < -0.4 is 4.90 Å². The minimum atomic E-state index is -0.750. The Morgan fingerprint density at radius 1 is 1.00 bits per heavy atom. The Morgan fingerprint density at radius 2 is 1.69 bits per heavy atom. The van der Waals surface area contributed by atoms with Crippen LogP contribution in [0.2, 0.25) is 0 Å². The number of hydrogen-bond donors (Lipinski definition) is 0. The van der Waals surface area contributed by atoms with E-state index in [1.807, 2.05) is 38.1 Å². The van der Waals surface area contributed by atoms with Gasteiger partial charge in [0.15, 0.2) is 6.61 Å². The number of ether oxygens (including phenoxy) is 1. The quantitative estimate of drug-likeness (QED) is 0.370. The van der Waals surface area contributed by atoms with Gasteiger partial charge in [0.1, 0.15) is 0 Å². The zero-order valence-corrected chi connectivity index (χ0v) is 18.6. The molecule has 0 spiro atoms. The van der Waals surface area contributed by atoms with Crippen LogP contribution in [0.15, 0.2) is 60.0 Å². The molecule has 2 aromatic carbocycles. The van der Waals surface area contributed by atoms with E-state index in [1.54, 1.807) is 35.7 Å². The lowest BCUT2D eigenvalue weighted by molar-refractivity contribution is -0.121. The second-order valence-electron chi connectivity index (χ2n) is 7.23. The van der Waals surface area contributed by atoms with Gasteiger partial charge < -0.3 is 9.64 Å². The molecule has 162 valence electrons. The van der Waals surface area contributed by atoms with Crippen LogP contribution in [0.3, 0.4) is 0 Å². The van der Waals surface area contributed by atoms with E-state index in [9.17, 15) is 14.4 Å². The van der Waals surface area contributed by atoms with E-state index in [-0.39, 0.29) is 29.9 Å². The fourth-order valence-corrected chi connectivity index (χ4v) is 4.03. The fourth-order valence-electron chi connectivity index (χ4n) is 3.35. The number of nitriles is 1. The first-order valence-electron chi connectivity index (χ1n) is 10.0. The highest BCUT2D eigenvalue weighted by Gasteiger charge is 2.22. The Balaban J connectivity index is 1.76. The molecule has 3 aromatic rings. The lowest BCUT2D eigenvalue weighted by Crippen LogP contribution is -2.35. The number of hydrogen-bond acceptors (Lipinski definition) is 6. The fraction of sp³-hybridized carbons (Fsp3) is 0.200. The van der Waals surface area contributed by atoms with E-state index in [0.717, 1.165) is 11.1 Å². The minimum Gasteiger partial charge on any atom is -0.452 e. The number of amides is 1. The van der Waals surface area contributed by atoms with Gasteiger partial charge in [-0.25, -0.2) is 4.79 Å². The van der Waals surface area contributed by atoms with E-state index >= 15 is 0 Å². The third kappa shape index (κ3) is 5.48. The van der Waals surface area contributed by atoms with E-state index in [0.29, 0.717) is 10.6 Å². The molecule has 7 heteroatoms. The summed E-state index contributed by atoms with van der Waals surface area (Å²) in [5.41, 5.74) is 2.93. The second kappa shape index (κ2) is 10.5. The van der Waals surface area contributed by atoms with Crippen molar-refractivity contribution in [3.63, 3.8) is 0 Å². The number of anilines is 1. The average molecular weight is 447 g/mol. The van der Waals surface area contributed by atoms with Gasteiger partial charge in [0.05, 0.1) is 22.9 Å². The van der Waals surface area contributed by atoms with E-state index in [2.05, 4.69) is 0 Å². The Morgan fingerprint density at radius 3 is 2.31 bits per heavy atom. The molecule has 0 radical (unpaired) electrons. The highest BCUT2D eigenvalue weighted by Crippen LogP contribution is 2.21. The standard InChI is InChI=1S/C25H22N2O4S/c1-17-13-18(2)15-19(14-17)27(11-6-10-26)23(28)16-31-25(30)21-8-4-3-7-20(21)24(29)22-9-5-12-32-22/h3-5,7-9,12-15H,6,11,16H2,1-2H3. The van der Waals surface area contributed by atoms with Crippen LogP contribution in [0.4, 0.5) is 5.69 Å². The predicted molar refractivity (Wildman–Crippen MR) is 123 cm³/mol. The lowest BCUT2D eigenvalue weighted by atomic mass is 10.0. The van der Waals surface area contributed by atoms with Gasteiger partial charge in [-0.1, -0.05) is 30.3 Å². The Labute approximate surface area is 190 Å². The summed E-state index contributed by atoms with van der Waals surface area (Å²) in [6.07, 6.45) is 0.144. The molecular weight excluding hydrogens is 424 g/mol. The minimum absolute atomic E-state index is 0.105. The molecule has 0 aliphatic rings. The first kappa shape index (κ1) is 22.9. The van der Waals surface area contributed by atoms with Crippen LogP contribution in [0, 0.1) is 25.2 Å². The van der Waals surface area contributed by atoms with Crippen molar-refractivity contribution < 1.29 is 19.1 Å². The molecule has 0 aliphatic heterocycles. The Kier molecular flexibility index (Phi) is 7.53. The van der Waals surface area contributed by atoms with Gasteiger partial charge in [-0.15, -0.1) is 11.3 Å². The van der Waals surface area contributed by atoms with E-state index < -0.39 is 18.5 Å². The molecule has 32 heavy (non-hydrogen) atoms. The van der Waals surface area contributed by atoms with Crippen molar-refractivity contribution in [2.24, 2.45) is 0 Å². The molecule has 1 aromatic heterocycles. The van der Waals surface area contributed by atoms with Gasteiger partial charge in [-0.05, 0) is 54.6 Å². The van der Waals surface area contributed by atoms with Crippen molar-refractivity contribution >= 4 is 34.7 Å². The summed E-state index contributed by atoms with van der Waals surface area (Å²) >= 11 is 1.29. The molecule has 0 unspecified atom stereocenters. The summed E-state index contributed by atoms with van der Waals surface area (Å²) in [4.78, 5) is 40.3. The molecule has 0 atom stereocenters. The molecule has 0 bridgehead atoms. The van der Waals surface area contributed by atoms with Gasteiger partial charge >= 0.3 is 5.97 Å². The lowest BCUT2D eigenvalue weighted by Gasteiger charge is -2.22. The maximum absolute atomic E-state index is 12.9. The average Bonchev–Trinajstić information content (AvgIpc) is 3.31. The molecule has 0 saturated heterocycles. The smallest absolute Gasteiger partial charge is 0.339 e. The number of aryl methyl sites for hydroxylation is 2. The maximum Gasteiger partial charge on any atom is 0.339 e. The number of thiophene rings is 1. The van der Waals surface area contributed by atoms with Gasteiger partial charge in [0, 0.05) is 17.8 Å². The van der Waals surface area contributed by atoms with Crippen molar-refractivity contribution in [1.82, 2.24) is 0 Å². The summed E-state index contributed by atoms with van der Waals surface area (Å²) in [6, 6.07) is 17.5. The molecule has 0 aliphatic carbocycles. The molecular formula is C25H22N2O4S. The van der Waals surface area contributed by atoms with Crippen LogP contribution in [-0.4, -0.2) is 30.8 Å². The van der Waals surface area contributed by atoms with Crippen LogP contribution >= 0.6 is 11.3 Å². The Hall–Kier alpha value is -3.76. The molecule has 0 fully saturated rings. The first-order valence-corrected chi connectivity index (χ1v) is 10.9. The van der Waals surface area contributed by atoms with Gasteiger partial charge in [0.25, 0.3) is 5.91 Å². The number of benzene rings is 2. The number of nitrogens with zero attached hydrogens (tertiary/aromatic N) is 2. The number of carbonyl (C=O) groups is 3. The molecule has 3 rings (SSSR count). The summed E-state index contributed by atoms with van der Waals surface area (Å²) in [7, 11) is 0. The number of rotatable bonds is 8. The van der Waals surface area contributed by atoms with Crippen LogP contribution in [0.5, 0.6) is 0 Å². The van der Waals surface area contributed by atoms with Crippen molar-refractivity contribution in [1.29, 1.82) is 5.26 Å². The molecule has 1 amide bonds. The maximum atomic E-state index is 12.9. The highest BCUT2D eigenvalue weighted by atomic mass is 32.1. The van der Waals surface area contributed by atoms with Crippen molar-refractivity contribution in [3.8, 4) is 6.07 Å². The third-order valence-corrected chi connectivity index (χ3v) is 5.60. The third-order valence-electron chi connectivity index (χ3n) is 4.73. The van der Waals surface area contributed by atoms with Gasteiger partial charge in [-0.3, -0.25) is 9.59 Å². The van der Waals surface area contributed by atoms with Crippen LogP contribution in [-0.2, 0) is 9.53 Å². The van der Waals surface area contributed by atoms with Crippen LogP contribution in [0.1, 0.15) is 43.1 Å². The summed E-state index contributed by atoms with van der Waals surface area (Å²) < 4.78 is 5.28.